The Labute approximate surface area is 123 Å². The predicted molar refractivity (Wildman–Crippen MR) is 75.7 cm³/mol. The minimum Gasteiger partial charge on any atom is -0.395 e. The molecule has 4 nitrogen and oxygen atoms in total. The zero-order valence-corrected chi connectivity index (χ0v) is 12.2. The van der Waals surface area contributed by atoms with E-state index in [-0.39, 0.29) is 18.1 Å². The van der Waals surface area contributed by atoms with Gasteiger partial charge in [0, 0.05) is 10.4 Å². The maximum absolute atomic E-state index is 12.0. The number of aliphatic hydroxyl groups excluding tert-OH is 1. The number of hydrogen-bond acceptors (Lipinski definition) is 4. The second kappa shape index (κ2) is 6.10. The van der Waals surface area contributed by atoms with Crippen molar-refractivity contribution in [3.05, 3.63) is 53.6 Å². The van der Waals surface area contributed by atoms with Crippen LogP contribution in [-0.2, 0) is 14.3 Å². The lowest BCUT2D eigenvalue weighted by Crippen LogP contribution is -2.31. The minimum absolute atomic E-state index is 0.0364. The normalized spacial score (nSPS) is 22.1. The second-order valence-corrected chi connectivity index (χ2v) is 6.66. The third-order valence-electron chi connectivity index (χ3n) is 3.05. The van der Waals surface area contributed by atoms with E-state index in [1.54, 1.807) is 12.2 Å². The van der Waals surface area contributed by atoms with E-state index in [2.05, 4.69) is 6.08 Å². The summed E-state index contributed by atoms with van der Waals surface area (Å²) in [5.41, 5.74) is -0.742. The highest BCUT2D eigenvalue weighted by molar-refractivity contribution is 7.86. The van der Waals surface area contributed by atoms with Crippen molar-refractivity contribution in [1.82, 2.24) is 0 Å². The van der Waals surface area contributed by atoms with Crippen LogP contribution in [0.2, 0.25) is 5.02 Å². The van der Waals surface area contributed by atoms with Crippen LogP contribution >= 0.6 is 11.6 Å². The van der Waals surface area contributed by atoms with Gasteiger partial charge in [-0.25, -0.2) is 0 Å². The lowest BCUT2D eigenvalue weighted by Gasteiger charge is -2.27. The van der Waals surface area contributed by atoms with Crippen molar-refractivity contribution >= 4 is 21.7 Å². The molecule has 0 fully saturated rings. The molecule has 0 spiro atoms. The molecule has 1 N–H and O–H groups in total. The van der Waals surface area contributed by atoms with Gasteiger partial charge in [-0.2, -0.15) is 8.42 Å². The van der Waals surface area contributed by atoms with Crippen molar-refractivity contribution < 1.29 is 17.7 Å². The van der Waals surface area contributed by atoms with Crippen LogP contribution in [0.1, 0.15) is 6.42 Å². The van der Waals surface area contributed by atoms with Crippen molar-refractivity contribution in [2.75, 3.05) is 13.2 Å². The molecule has 1 radical (unpaired) electrons. The summed E-state index contributed by atoms with van der Waals surface area (Å²) in [4.78, 5) is 0.0364. The van der Waals surface area contributed by atoms with Gasteiger partial charge in [0.25, 0.3) is 10.1 Å². The summed E-state index contributed by atoms with van der Waals surface area (Å²) in [6.45, 7) is -0.341. The molecule has 0 aliphatic heterocycles. The highest BCUT2D eigenvalue weighted by Crippen LogP contribution is 2.29. The molecule has 0 heterocycles. The van der Waals surface area contributed by atoms with Gasteiger partial charge in [-0.15, -0.1) is 0 Å². The fourth-order valence-electron chi connectivity index (χ4n) is 1.77. The Bertz CT molecular complexity index is 619. The zero-order valence-electron chi connectivity index (χ0n) is 10.6. The topological polar surface area (TPSA) is 63.6 Å². The first kappa shape index (κ1) is 15.3. The summed E-state index contributed by atoms with van der Waals surface area (Å²) in [5.74, 6) is 0. The molecule has 0 aromatic heterocycles. The number of benzene rings is 1. The molecule has 0 amide bonds. The molecule has 1 aliphatic carbocycles. The van der Waals surface area contributed by atoms with Crippen LogP contribution in [0.5, 0.6) is 0 Å². The highest BCUT2D eigenvalue weighted by atomic mass is 35.5. The number of allylic oxidation sites excluding steroid dienone is 3. The standard InChI is InChI=1S/C14H14ClO4S/c15-12-4-6-13(7-5-12)20(17,18)19-11-14(10-16)8-2-1-3-9-14/h1-2,4-7,9,16H,8,10-11H2. The van der Waals surface area contributed by atoms with E-state index in [9.17, 15) is 13.5 Å². The summed E-state index contributed by atoms with van der Waals surface area (Å²) in [6, 6.07) is 5.73. The molecule has 107 valence electrons. The molecule has 20 heavy (non-hydrogen) atoms. The largest absolute Gasteiger partial charge is 0.395 e. The van der Waals surface area contributed by atoms with Gasteiger partial charge in [0.1, 0.15) is 0 Å². The Kier molecular flexibility index (Phi) is 4.65. The molecular weight excluding hydrogens is 300 g/mol. The Morgan fingerprint density at radius 3 is 2.60 bits per heavy atom. The minimum atomic E-state index is -3.87. The molecule has 0 saturated carbocycles. The van der Waals surface area contributed by atoms with Gasteiger partial charge >= 0.3 is 0 Å². The predicted octanol–water partition coefficient (Wildman–Crippen LogP) is 2.34. The lowest BCUT2D eigenvalue weighted by molar-refractivity contribution is 0.110. The van der Waals surface area contributed by atoms with Crippen molar-refractivity contribution in [1.29, 1.82) is 0 Å². The average molecular weight is 314 g/mol. The van der Waals surface area contributed by atoms with E-state index in [1.807, 2.05) is 6.08 Å². The lowest BCUT2D eigenvalue weighted by atomic mass is 9.83. The first-order chi connectivity index (χ1) is 9.47. The van der Waals surface area contributed by atoms with Crippen LogP contribution in [0.25, 0.3) is 0 Å². The quantitative estimate of drug-likeness (QED) is 0.848. The first-order valence-electron chi connectivity index (χ1n) is 5.99. The van der Waals surface area contributed by atoms with Crippen molar-refractivity contribution in [3.63, 3.8) is 0 Å². The molecule has 6 heteroatoms. The molecule has 0 saturated heterocycles. The van der Waals surface area contributed by atoms with Crippen molar-refractivity contribution in [2.45, 2.75) is 11.3 Å². The zero-order chi connectivity index (χ0) is 14.6. The van der Waals surface area contributed by atoms with E-state index in [0.29, 0.717) is 11.4 Å². The Hall–Kier alpha value is -1.14. The van der Waals surface area contributed by atoms with E-state index in [4.69, 9.17) is 15.8 Å². The van der Waals surface area contributed by atoms with Gasteiger partial charge < -0.3 is 5.11 Å². The molecule has 1 unspecified atom stereocenters. The highest BCUT2D eigenvalue weighted by Gasteiger charge is 2.30. The van der Waals surface area contributed by atoms with E-state index in [0.717, 1.165) is 0 Å². The summed E-state index contributed by atoms with van der Waals surface area (Å²) in [7, 11) is -3.87. The van der Waals surface area contributed by atoms with Gasteiger partial charge in [-0.3, -0.25) is 4.18 Å². The number of hydrogen-bond donors (Lipinski definition) is 1. The molecule has 2 rings (SSSR count). The summed E-state index contributed by atoms with van der Waals surface area (Å²) in [5, 5.41) is 9.90. The third kappa shape index (κ3) is 3.49. The van der Waals surface area contributed by atoms with Crippen LogP contribution < -0.4 is 0 Å². The van der Waals surface area contributed by atoms with Crippen LogP contribution in [0, 0.1) is 11.5 Å². The van der Waals surface area contributed by atoms with Crippen molar-refractivity contribution in [2.24, 2.45) is 5.41 Å². The van der Waals surface area contributed by atoms with Gasteiger partial charge in [0.15, 0.2) is 0 Å². The van der Waals surface area contributed by atoms with Gasteiger partial charge in [0.2, 0.25) is 0 Å². The summed E-state index contributed by atoms with van der Waals surface area (Å²) >= 11 is 5.72. The fraction of sp³-hybridized carbons (Fsp3) is 0.286. The SMILES string of the molecule is O=S(=O)(OCC1(CO)C=[C]C=CC1)c1ccc(Cl)cc1. The summed E-state index contributed by atoms with van der Waals surface area (Å²) in [6.07, 6.45) is 8.54. The van der Waals surface area contributed by atoms with Crippen LogP contribution in [0.15, 0.2) is 47.4 Å². The average Bonchev–Trinajstić information content (AvgIpc) is 2.47. The fourth-order valence-corrected chi connectivity index (χ4v) is 2.89. The number of aliphatic hydroxyl groups is 1. The Morgan fingerprint density at radius 1 is 1.35 bits per heavy atom. The molecule has 1 aromatic carbocycles. The van der Waals surface area contributed by atoms with Gasteiger partial charge in [-0.05, 0) is 36.8 Å². The third-order valence-corrected chi connectivity index (χ3v) is 4.58. The van der Waals surface area contributed by atoms with Gasteiger partial charge in [0.05, 0.1) is 18.1 Å². The van der Waals surface area contributed by atoms with E-state index in [1.165, 1.54) is 24.3 Å². The molecular formula is C14H14ClO4S. The second-order valence-electron chi connectivity index (χ2n) is 4.61. The smallest absolute Gasteiger partial charge is 0.297 e. The van der Waals surface area contributed by atoms with E-state index < -0.39 is 15.5 Å². The molecule has 0 bridgehead atoms. The maximum atomic E-state index is 12.0. The number of rotatable bonds is 5. The first-order valence-corrected chi connectivity index (χ1v) is 7.77. The Balaban J connectivity index is 2.11. The molecule has 1 aliphatic rings. The Morgan fingerprint density at radius 2 is 2.05 bits per heavy atom. The molecule has 1 aromatic rings. The molecule has 1 atom stereocenters. The maximum Gasteiger partial charge on any atom is 0.297 e. The van der Waals surface area contributed by atoms with Crippen LogP contribution in [0.4, 0.5) is 0 Å². The number of halogens is 1. The summed E-state index contributed by atoms with van der Waals surface area (Å²) < 4.78 is 29.1. The van der Waals surface area contributed by atoms with Crippen LogP contribution in [-0.4, -0.2) is 26.7 Å². The van der Waals surface area contributed by atoms with Crippen molar-refractivity contribution in [3.8, 4) is 0 Å². The van der Waals surface area contributed by atoms with Gasteiger partial charge in [-0.1, -0.05) is 29.8 Å². The monoisotopic (exact) mass is 313 g/mol. The van der Waals surface area contributed by atoms with Crippen LogP contribution in [0.3, 0.4) is 0 Å². The van der Waals surface area contributed by atoms with E-state index >= 15 is 0 Å².